The molecule has 5 rings (SSSR count). The molecule has 2 atom stereocenters. The van der Waals surface area contributed by atoms with E-state index in [1.807, 2.05) is 0 Å². The van der Waals surface area contributed by atoms with Crippen molar-refractivity contribution in [2.75, 3.05) is 7.11 Å². The fourth-order valence-electron chi connectivity index (χ4n) is 5.70. The summed E-state index contributed by atoms with van der Waals surface area (Å²) in [5.41, 5.74) is -3.04. The van der Waals surface area contributed by atoms with E-state index in [1.54, 1.807) is 25.1 Å². The molecule has 1 fully saturated rings. The second kappa shape index (κ2) is 13.2. The quantitative estimate of drug-likeness (QED) is 0.191. The number of nitrogens with zero attached hydrogens (tertiary/aromatic N) is 2. The summed E-state index contributed by atoms with van der Waals surface area (Å²) >= 11 is 0.452. The van der Waals surface area contributed by atoms with Crippen LogP contribution in [-0.4, -0.2) is 39.4 Å². The minimum Gasteiger partial charge on any atom is -0.496 e. The van der Waals surface area contributed by atoms with Crippen LogP contribution in [0.3, 0.4) is 0 Å². The first kappa shape index (κ1) is 36.5. The molecule has 0 unspecified atom stereocenters. The van der Waals surface area contributed by atoms with E-state index in [4.69, 9.17) is 4.74 Å². The molecule has 1 aliphatic heterocycles. The normalized spacial score (nSPS) is 17.0. The van der Waals surface area contributed by atoms with Gasteiger partial charge in [0.1, 0.15) is 11.4 Å². The SMILES string of the molecule is COc1ccc(-c2ccc(C(=O)O)cc2C)cc1-c1ccc(C(F)(F)F)nc1CN1C(=O)S[C@H](c2cc(C(F)(F)F)cc(C(F)(F)F)c2)[C@@H]1C. The number of aromatic carboxylic acids is 1. The fraction of sp³-hybridized carbons (Fsp3) is 0.265. The largest absolute Gasteiger partial charge is 0.496 e. The smallest absolute Gasteiger partial charge is 0.433 e. The summed E-state index contributed by atoms with van der Waals surface area (Å²) in [5, 5.41) is 7.30. The van der Waals surface area contributed by atoms with Crippen LogP contribution in [0.1, 0.15) is 56.2 Å². The lowest BCUT2D eigenvalue weighted by Gasteiger charge is -2.26. The van der Waals surface area contributed by atoms with Gasteiger partial charge in [0, 0.05) is 17.2 Å². The molecule has 4 aromatic rings. The van der Waals surface area contributed by atoms with E-state index in [0.717, 1.165) is 17.0 Å². The number of carboxylic acid groups (broad SMARTS) is 1. The van der Waals surface area contributed by atoms with E-state index in [0.29, 0.717) is 40.6 Å². The summed E-state index contributed by atoms with van der Waals surface area (Å²) in [4.78, 5) is 29.6. The number of halogens is 9. The number of carboxylic acids is 1. The van der Waals surface area contributed by atoms with Gasteiger partial charge in [0.25, 0.3) is 5.24 Å². The van der Waals surface area contributed by atoms with E-state index in [-0.39, 0.29) is 34.2 Å². The average Bonchev–Trinajstić information content (AvgIpc) is 3.31. The molecule has 2 heterocycles. The minimum atomic E-state index is -5.13. The van der Waals surface area contributed by atoms with Crippen LogP contribution >= 0.6 is 11.8 Å². The van der Waals surface area contributed by atoms with Crippen molar-refractivity contribution in [3.63, 3.8) is 0 Å². The van der Waals surface area contributed by atoms with Crippen molar-refractivity contribution in [3.8, 4) is 28.0 Å². The highest BCUT2D eigenvalue weighted by atomic mass is 32.2. The zero-order valence-electron chi connectivity index (χ0n) is 26.1. The van der Waals surface area contributed by atoms with Crippen molar-refractivity contribution in [2.24, 2.45) is 0 Å². The van der Waals surface area contributed by atoms with Crippen molar-refractivity contribution in [1.29, 1.82) is 0 Å². The van der Waals surface area contributed by atoms with E-state index in [2.05, 4.69) is 4.98 Å². The van der Waals surface area contributed by atoms with E-state index >= 15 is 0 Å². The number of aromatic nitrogens is 1. The maximum Gasteiger partial charge on any atom is 0.433 e. The van der Waals surface area contributed by atoms with Crippen LogP contribution < -0.4 is 4.74 Å². The molecule has 264 valence electrons. The van der Waals surface area contributed by atoms with Crippen molar-refractivity contribution in [2.45, 2.75) is 50.2 Å². The summed E-state index contributed by atoms with van der Waals surface area (Å²) < 4.78 is 129. The molecule has 1 amide bonds. The molecule has 1 aromatic heterocycles. The molecule has 0 spiro atoms. The highest BCUT2D eigenvalue weighted by Gasteiger charge is 2.43. The number of ether oxygens (including phenoxy) is 1. The van der Waals surface area contributed by atoms with Gasteiger partial charge in [0.15, 0.2) is 0 Å². The van der Waals surface area contributed by atoms with Gasteiger partial charge in [-0.1, -0.05) is 30.0 Å². The molecular formula is C34H25F9N2O4S. The number of hydrogen-bond donors (Lipinski definition) is 1. The van der Waals surface area contributed by atoms with Crippen LogP contribution in [0.25, 0.3) is 22.3 Å². The van der Waals surface area contributed by atoms with E-state index in [9.17, 15) is 54.2 Å². The molecule has 6 nitrogen and oxygen atoms in total. The summed E-state index contributed by atoms with van der Waals surface area (Å²) in [6.07, 6.45) is -15.2. The maximum atomic E-state index is 13.9. The van der Waals surface area contributed by atoms with Crippen LogP contribution in [-0.2, 0) is 25.1 Å². The van der Waals surface area contributed by atoms with E-state index in [1.165, 1.54) is 32.2 Å². The number of carbonyl (C=O) groups is 2. The lowest BCUT2D eigenvalue weighted by atomic mass is 9.93. The Morgan fingerprint density at radius 1 is 0.840 bits per heavy atom. The molecule has 0 aliphatic carbocycles. The van der Waals surface area contributed by atoms with Gasteiger partial charge in [-0.2, -0.15) is 39.5 Å². The Kier molecular flexibility index (Phi) is 9.64. The fourth-order valence-corrected chi connectivity index (χ4v) is 6.90. The van der Waals surface area contributed by atoms with Crippen molar-refractivity contribution in [1.82, 2.24) is 9.88 Å². The summed E-state index contributed by atoms with van der Waals surface area (Å²) in [6.45, 7) is 2.45. The number of rotatable bonds is 7. The van der Waals surface area contributed by atoms with Crippen LogP contribution in [0.15, 0.2) is 66.7 Å². The van der Waals surface area contributed by atoms with Gasteiger partial charge in [-0.05, 0) is 84.6 Å². The Labute approximate surface area is 282 Å². The summed E-state index contributed by atoms with van der Waals surface area (Å²) in [7, 11) is 1.32. The van der Waals surface area contributed by atoms with Gasteiger partial charge in [-0.3, -0.25) is 4.79 Å². The molecule has 1 aliphatic rings. The van der Waals surface area contributed by atoms with Crippen LogP contribution in [0.2, 0.25) is 0 Å². The first-order valence-electron chi connectivity index (χ1n) is 14.6. The van der Waals surface area contributed by atoms with Crippen LogP contribution in [0.4, 0.5) is 44.3 Å². The van der Waals surface area contributed by atoms with Crippen molar-refractivity contribution in [3.05, 3.63) is 106 Å². The number of amides is 1. The Morgan fingerprint density at radius 2 is 1.46 bits per heavy atom. The highest BCUT2D eigenvalue weighted by Crippen LogP contribution is 2.48. The van der Waals surface area contributed by atoms with Crippen LogP contribution in [0, 0.1) is 6.92 Å². The summed E-state index contributed by atoms with van der Waals surface area (Å²) in [6, 6.07) is 11.0. The number of benzene rings is 3. The molecule has 0 saturated carbocycles. The van der Waals surface area contributed by atoms with Gasteiger partial charge >= 0.3 is 24.5 Å². The Hall–Kier alpha value is -4.73. The number of aryl methyl sites for hydroxylation is 1. The monoisotopic (exact) mass is 728 g/mol. The number of pyridine rings is 1. The van der Waals surface area contributed by atoms with Gasteiger partial charge in [0.05, 0.1) is 41.3 Å². The third kappa shape index (κ3) is 7.39. The first-order valence-corrected chi connectivity index (χ1v) is 15.4. The van der Waals surface area contributed by atoms with Gasteiger partial charge in [-0.25, -0.2) is 9.78 Å². The number of thioether (sulfide) groups is 1. The topological polar surface area (TPSA) is 79.7 Å². The molecule has 16 heteroatoms. The Morgan fingerprint density at radius 3 is 2.00 bits per heavy atom. The maximum absolute atomic E-state index is 13.9. The number of methoxy groups -OCH3 is 1. The predicted octanol–water partition coefficient (Wildman–Crippen LogP) is 10.3. The predicted molar refractivity (Wildman–Crippen MR) is 166 cm³/mol. The zero-order valence-corrected chi connectivity index (χ0v) is 26.9. The lowest BCUT2D eigenvalue weighted by molar-refractivity contribution is -0.143. The van der Waals surface area contributed by atoms with Gasteiger partial charge in [-0.15, -0.1) is 0 Å². The first-order chi connectivity index (χ1) is 23.2. The molecule has 0 bridgehead atoms. The Bertz CT molecular complexity index is 1940. The third-order valence-electron chi connectivity index (χ3n) is 8.19. The molecular weight excluding hydrogens is 703 g/mol. The van der Waals surface area contributed by atoms with Crippen molar-refractivity contribution < 1.29 is 58.9 Å². The third-order valence-corrected chi connectivity index (χ3v) is 9.55. The molecule has 3 aromatic carbocycles. The molecule has 1 N–H and O–H groups in total. The number of alkyl halides is 9. The number of hydrogen-bond acceptors (Lipinski definition) is 5. The lowest BCUT2D eigenvalue weighted by Crippen LogP contribution is -2.32. The molecule has 1 saturated heterocycles. The summed E-state index contributed by atoms with van der Waals surface area (Å²) in [5.74, 6) is -0.941. The minimum absolute atomic E-state index is 0.0320. The van der Waals surface area contributed by atoms with Crippen LogP contribution in [0.5, 0.6) is 5.75 Å². The molecule has 0 radical (unpaired) electrons. The van der Waals surface area contributed by atoms with Gasteiger partial charge < -0.3 is 14.7 Å². The highest BCUT2D eigenvalue weighted by molar-refractivity contribution is 8.14. The second-order valence-corrected chi connectivity index (χ2v) is 12.5. The second-order valence-electron chi connectivity index (χ2n) is 11.5. The van der Waals surface area contributed by atoms with Crippen molar-refractivity contribution >= 4 is 23.0 Å². The Balaban J connectivity index is 1.59. The van der Waals surface area contributed by atoms with Gasteiger partial charge in [0.2, 0.25) is 0 Å². The number of carbonyl (C=O) groups excluding carboxylic acids is 1. The standard InChI is InChI=1S/C34H25F9N2O4S/c1-16-10-19(30(46)47)4-6-23(16)18-5-8-27(49-3)25(13-18)24-7-9-28(34(41,42)43)44-26(24)15-45-17(2)29(50-31(45)48)20-11-21(32(35,36)37)14-22(12-20)33(38,39)40/h4-14,17,29H,15H2,1-3H3,(H,46,47)/t17-,29-/m0/s1. The van der Waals surface area contributed by atoms with E-state index < -0.39 is 70.0 Å². The molecule has 50 heavy (non-hydrogen) atoms. The average molecular weight is 729 g/mol. The zero-order chi connectivity index (χ0) is 36.9.